The van der Waals surface area contributed by atoms with Crippen molar-refractivity contribution in [3.8, 4) is 0 Å². The first-order chi connectivity index (χ1) is 10.9. The number of rotatable bonds is 2. The van der Waals surface area contributed by atoms with Crippen molar-refractivity contribution in [2.45, 2.75) is 18.2 Å². The van der Waals surface area contributed by atoms with Crippen LogP contribution < -0.4 is 10.2 Å². The lowest BCUT2D eigenvalue weighted by Gasteiger charge is -2.21. The molecule has 22 heavy (non-hydrogen) atoms. The average Bonchev–Trinajstić information content (AvgIpc) is 3.04. The zero-order chi connectivity index (χ0) is 14.8. The number of anilines is 2. The SMILES string of the molecule is c1ccc(N2CCC(SC3=NCc4ccccc4N3)C2)cc1. The first-order valence-corrected chi connectivity index (χ1v) is 8.62. The molecule has 0 aromatic heterocycles. The highest BCUT2D eigenvalue weighted by atomic mass is 32.2. The van der Waals surface area contributed by atoms with Gasteiger partial charge in [-0.3, -0.25) is 4.99 Å². The normalized spacial score (nSPS) is 20.3. The predicted molar refractivity (Wildman–Crippen MR) is 95.9 cm³/mol. The predicted octanol–water partition coefficient (Wildman–Crippen LogP) is 3.98. The second kappa shape index (κ2) is 6.05. The maximum absolute atomic E-state index is 4.68. The van der Waals surface area contributed by atoms with Gasteiger partial charge in [0.2, 0.25) is 0 Å². The van der Waals surface area contributed by atoms with E-state index in [1.807, 2.05) is 11.8 Å². The molecule has 3 nitrogen and oxygen atoms in total. The second-order valence-corrected chi connectivity index (χ2v) is 7.00. The zero-order valence-corrected chi connectivity index (χ0v) is 13.2. The molecule has 0 saturated carbocycles. The summed E-state index contributed by atoms with van der Waals surface area (Å²) in [7, 11) is 0. The molecule has 0 amide bonds. The van der Waals surface area contributed by atoms with Gasteiger partial charge in [0, 0.05) is 29.7 Å². The Labute approximate surface area is 135 Å². The molecule has 1 fully saturated rings. The minimum Gasteiger partial charge on any atom is -0.370 e. The molecule has 0 spiro atoms. The number of nitrogens with zero attached hydrogens (tertiary/aromatic N) is 2. The third-order valence-corrected chi connectivity index (χ3v) is 5.37. The number of hydrogen-bond acceptors (Lipinski definition) is 4. The first kappa shape index (κ1) is 13.7. The number of aliphatic imine (C=N–C) groups is 1. The third-order valence-electron chi connectivity index (χ3n) is 4.20. The highest BCUT2D eigenvalue weighted by Crippen LogP contribution is 2.30. The van der Waals surface area contributed by atoms with Crippen LogP contribution in [0.15, 0.2) is 59.6 Å². The molecule has 2 aliphatic heterocycles. The molecule has 4 heteroatoms. The van der Waals surface area contributed by atoms with Crippen molar-refractivity contribution in [2.75, 3.05) is 23.3 Å². The maximum Gasteiger partial charge on any atom is 0.161 e. The number of nitrogens with one attached hydrogen (secondary N) is 1. The Balaban J connectivity index is 1.39. The topological polar surface area (TPSA) is 27.6 Å². The highest BCUT2D eigenvalue weighted by molar-refractivity contribution is 8.14. The van der Waals surface area contributed by atoms with E-state index >= 15 is 0 Å². The van der Waals surface area contributed by atoms with Gasteiger partial charge in [0.15, 0.2) is 5.17 Å². The van der Waals surface area contributed by atoms with E-state index in [0.29, 0.717) is 5.25 Å². The van der Waals surface area contributed by atoms with E-state index in [-0.39, 0.29) is 0 Å². The van der Waals surface area contributed by atoms with Gasteiger partial charge < -0.3 is 10.2 Å². The standard InChI is InChI=1S/C18H19N3S/c1-2-7-15(8-3-1)21-11-10-16(13-21)22-18-19-12-14-6-4-5-9-17(14)20-18/h1-9,16H,10-13H2,(H,19,20). The summed E-state index contributed by atoms with van der Waals surface area (Å²) in [5.41, 5.74) is 3.82. The molecule has 0 aliphatic carbocycles. The van der Waals surface area contributed by atoms with Gasteiger partial charge in [-0.25, -0.2) is 0 Å². The largest absolute Gasteiger partial charge is 0.370 e. The zero-order valence-electron chi connectivity index (χ0n) is 12.4. The van der Waals surface area contributed by atoms with Crippen LogP contribution in [0.5, 0.6) is 0 Å². The Morgan fingerprint density at radius 2 is 1.86 bits per heavy atom. The lowest BCUT2D eigenvalue weighted by molar-refractivity contribution is 0.966. The summed E-state index contributed by atoms with van der Waals surface area (Å²) in [6, 6.07) is 19.1. The van der Waals surface area contributed by atoms with Crippen molar-refractivity contribution in [1.29, 1.82) is 0 Å². The van der Waals surface area contributed by atoms with Gasteiger partial charge in [-0.05, 0) is 30.2 Å². The molecule has 2 aliphatic rings. The summed E-state index contributed by atoms with van der Waals surface area (Å²) in [4.78, 5) is 7.15. The van der Waals surface area contributed by atoms with E-state index in [1.165, 1.54) is 23.4 Å². The van der Waals surface area contributed by atoms with E-state index < -0.39 is 0 Å². The molecule has 112 valence electrons. The Bertz CT molecular complexity index is 684. The second-order valence-electron chi connectivity index (χ2n) is 5.71. The summed E-state index contributed by atoms with van der Waals surface area (Å²) >= 11 is 1.89. The molecular weight excluding hydrogens is 290 g/mol. The quantitative estimate of drug-likeness (QED) is 0.909. The van der Waals surface area contributed by atoms with E-state index in [0.717, 1.165) is 24.8 Å². The number of thioether (sulfide) groups is 1. The van der Waals surface area contributed by atoms with Crippen LogP contribution in [-0.2, 0) is 6.54 Å². The molecule has 4 rings (SSSR count). The summed E-state index contributed by atoms with van der Waals surface area (Å²) in [6.45, 7) is 3.02. The molecular formula is C18H19N3S. The number of para-hydroxylation sites is 2. The Morgan fingerprint density at radius 3 is 2.77 bits per heavy atom. The fourth-order valence-electron chi connectivity index (χ4n) is 3.01. The van der Waals surface area contributed by atoms with Crippen LogP contribution in [0.1, 0.15) is 12.0 Å². The summed E-state index contributed by atoms with van der Waals surface area (Å²) < 4.78 is 0. The molecule has 2 aromatic rings. The molecule has 2 aromatic carbocycles. The van der Waals surface area contributed by atoms with E-state index in [2.05, 4.69) is 69.8 Å². The number of fused-ring (bicyclic) bond motifs is 1. The monoisotopic (exact) mass is 309 g/mol. The molecule has 1 N–H and O–H groups in total. The maximum atomic E-state index is 4.68. The summed E-state index contributed by atoms with van der Waals surface area (Å²) in [5, 5.41) is 5.15. The fraction of sp³-hybridized carbons (Fsp3) is 0.278. The number of benzene rings is 2. The van der Waals surface area contributed by atoms with Gasteiger partial charge in [0.05, 0.1) is 6.54 Å². The molecule has 0 radical (unpaired) electrons. The number of amidine groups is 1. The smallest absolute Gasteiger partial charge is 0.161 e. The van der Waals surface area contributed by atoms with E-state index in [9.17, 15) is 0 Å². The van der Waals surface area contributed by atoms with E-state index in [4.69, 9.17) is 0 Å². The minimum atomic E-state index is 0.608. The fourth-order valence-corrected chi connectivity index (χ4v) is 4.12. The Kier molecular flexibility index (Phi) is 3.77. The van der Waals surface area contributed by atoms with Gasteiger partial charge in [-0.15, -0.1) is 0 Å². The Hall–Kier alpha value is -1.94. The van der Waals surface area contributed by atoms with Crippen molar-refractivity contribution < 1.29 is 0 Å². The van der Waals surface area contributed by atoms with Gasteiger partial charge in [0.25, 0.3) is 0 Å². The van der Waals surface area contributed by atoms with Crippen molar-refractivity contribution in [2.24, 2.45) is 4.99 Å². The summed E-state index contributed by atoms with van der Waals surface area (Å²) in [5.74, 6) is 0. The lowest BCUT2D eigenvalue weighted by Crippen LogP contribution is -2.22. The summed E-state index contributed by atoms with van der Waals surface area (Å²) in [6.07, 6.45) is 1.21. The molecule has 2 heterocycles. The molecule has 0 bridgehead atoms. The van der Waals surface area contributed by atoms with Crippen molar-refractivity contribution in [1.82, 2.24) is 0 Å². The van der Waals surface area contributed by atoms with Crippen molar-refractivity contribution in [3.05, 3.63) is 60.2 Å². The number of hydrogen-bond donors (Lipinski definition) is 1. The van der Waals surface area contributed by atoms with Crippen LogP contribution >= 0.6 is 11.8 Å². The van der Waals surface area contributed by atoms with Crippen molar-refractivity contribution >= 4 is 28.3 Å². The third kappa shape index (κ3) is 2.83. The van der Waals surface area contributed by atoms with Crippen LogP contribution in [0.3, 0.4) is 0 Å². The van der Waals surface area contributed by atoms with Crippen molar-refractivity contribution in [3.63, 3.8) is 0 Å². The molecule has 1 unspecified atom stereocenters. The molecule has 1 atom stereocenters. The van der Waals surface area contributed by atoms with Gasteiger partial charge in [-0.2, -0.15) is 0 Å². The first-order valence-electron chi connectivity index (χ1n) is 7.74. The van der Waals surface area contributed by atoms with Crippen LogP contribution in [0.4, 0.5) is 11.4 Å². The van der Waals surface area contributed by atoms with Gasteiger partial charge in [0.1, 0.15) is 0 Å². The van der Waals surface area contributed by atoms with Crippen LogP contribution in [0, 0.1) is 0 Å². The lowest BCUT2D eigenvalue weighted by atomic mass is 10.1. The molecule has 1 saturated heterocycles. The van der Waals surface area contributed by atoms with E-state index in [1.54, 1.807) is 0 Å². The van der Waals surface area contributed by atoms with Crippen LogP contribution in [0.25, 0.3) is 0 Å². The van der Waals surface area contributed by atoms with Crippen LogP contribution in [-0.4, -0.2) is 23.5 Å². The highest BCUT2D eigenvalue weighted by Gasteiger charge is 2.25. The van der Waals surface area contributed by atoms with Crippen LogP contribution in [0.2, 0.25) is 0 Å². The minimum absolute atomic E-state index is 0.608. The average molecular weight is 309 g/mol. The van der Waals surface area contributed by atoms with Gasteiger partial charge in [-0.1, -0.05) is 48.2 Å². The van der Waals surface area contributed by atoms with Gasteiger partial charge >= 0.3 is 0 Å². The Morgan fingerprint density at radius 1 is 1.05 bits per heavy atom.